The third-order valence-corrected chi connectivity index (χ3v) is 5.22. The lowest BCUT2D eigenvalue weighted by molar-refractivity contribution is -0.141. The molecule has 5 nitrogen and oxygen atoms in total. The molecule has 2 atom stereocenters. The number of benzene rings is 2. The fourth-order valence-electron chi connectivity index (χ4n) is 3.32. The van der Waals surface area contributed by atoms with E-state index in [9.17, 15) is 9.59 Å². The number of amides is 2. The van der Waals surface area contributed by atoms with E-state index in [1.807, 2.05) is 75.4 Å². The van der Waals surface area contributed by atoms with Crippen LogP contribution in [-0.4, -0.2) is 35.9 Å². The van der Waals surface area contributed by atoms with Crippen LogP contribution in [0.5, 0.6) is 5.75 Å². The van der Waals surface area contributed by atoms with Crippen LogP contribution < -0.4 is 10.1 Å². The highest BCUT2D eigenvalue weighted by atomic mass is 16.5. The molecule has 0 aliphatic heterocycles. The van der Waals surface area contributed by atoms with Crippen LogP contribution >= 0.6 is 0 Å². The van der Waals surface area contributed by atoms with Crippen molar-refractivity contribution in [3.63, 3.8) is 0 Å². The van der Waals surface area contributed by atoms with Crippen molar-refractivity contribution >= 4 is 11.8 Å². The van der Waals surface area contributed by atoms with E-state index in [-0.39, 0.29) is 17.9 Å². The smallest absolute Gasteiger partial charge is 0.243 e. The Balaban J connectivity index is 2.38. The molecule has 2 aromatic rings. The average Bonchev–Trinajstić information content (AvgIpc) is 2.76. The van der Waals surface area contributed by atoms with Crippen molar-refractivity contribution in [2.45, 2.75) is 65.1 Å². The minimum atomic E-state index is -0.577. The fraction of sp³-hybridized carbons (Fsp3) is 0.440. The molecule has 5 heteroatoms. The first kappa shape index (κ1) is 23.5. The number of ether oxygens (including phenoxy) is 1. The van der Waals surface area contributed by atoms with Crippen molar-refractivity contribution in [3.8, 4) is 5.75 Å². The van der Waals surface area contributed by atoms with Gasteiger partial charge in [0.2, 0.25) is 11.8 Å². The predicted octanol–water partition coefficient (Wildman–Crippen LogP) is 4.35. The van der Waals surface area contributed by atoms with Gasteiger partial charge in [0, 0.05) is 25.4 Å². The molecule has 0 aliphatic carbocycles. The largest absolute Gasteiger partial charge is 0.497 e. The summed E-state index contributed by atoms with van der Waals surface area (Å²) in [5, 5.41) is 3.08. The lowest BCUT2D eigenvalue weighted by atomic mass is 10.0. The maximum atomic E-state index is 13.3. The Morgan fingerprint density at radius 3 is 2.37 bits per heavy atom. The maximum absolute atomic E-state index is 13.3. The topological polar surface area (TPSA) is 58.6 Å². The van der Waals surface area contributed by atoms with Crippen LogP contribution in [-0.2, 0) is 22.6 Å². The van der Waals surface area contributed by atoms with Crippen molar-refractivity contribution in [1.29, 1.82) is 0 Å². The zero-order valence-electron chi connectivity index (χ0n) is 18.6. The molecule has 0 saturated carbocycles. The van der Waals surface area contributed by atoms with E-state index < -0.39 is 6.04 Å². The minimum Gasteiger partial charge on any atom is -0.497 e. The fourth-order valence-corrected chi connectivity index (χ4v) is 3.32. The van der Waals surface area contributed by atoms with Gasteiger partial charge in [-0.05, 0) is 43.0 Å². The molecule has 0 saturated heterocycles. The van der Waals surface area contributed by atoms with E-state index in [0.717, 1.165) is 29.7 Å². The van der Waals surface area contributed by atoms with Gasteiger partial charge >= 0.3 is 0 Å². The molecule has 2 rings (SSSR count). The zero-order chi connectivity index (χ0) is 21.9. The lowest BCUT2D eigenvalue weighted by Gasteiger charge is -2.32. The Hall–Kier alpha value is -2.82. The molecule has 2 aromatic carbocycles. The van der Waals surface area contributed by atoms with Gasteiger partial charge in [0.15, 0.2) is 0 Å². The van der Waals surface area contributed by atoms with Crippen LogP contribution in [0, 0.1) is 0 Å². The van der Waals surface area contributed by atoms with E-state index in [1.165, 1.54) is 0 Å². The normalized spacial score (nSPS) is 12.7. The predicted molar refractivity (Wildman–Crippen MR) is 120 cm³/mol. The van der Waals surface area contributed by atoms with Gasteiger partial charge in [0.05, 0.1) is 7.11 Å². The highest BCUT2D eigenvalue weighted by Gasteiger charge is 2.30. The monoisotopic (exact) mass is 410 g/mol. The molecule has 0 radical (unpaired) electrons. The van der Waals surface area contributed by atoms with Gasteiger partial charge in [-0.15, -0.1) is 0 Å². The number of hydrogen-bond donors (Lipinski definition) is 1. The van der Waals surface area contributed by atoms with Crippen molar-refractivity contribution < 1.29 is 14.3 Å². The highest BCUT2D eigenvalue weighted by molar-refractivity contribution is 5.88. The summed E-state index contributed by atoms with van der Waals surface area (Å²) in [5.74, 6) is 0.611. The van der Waals surface area contributed by atoms with Gasteiger partial charge in [-0.3, -0.25) is 9.59 Å². The Labute approximate surface area is 180 Å². The second-order valence-corrected chi connectivity index (χ2v) is 7.65. The molecular weight excluding hydrogens is 376 g/mol. The molecule has 0 aromatic heterocycles. The Morgan fingerprint density at radius 1 is 1.03 bits per heavy atom. The van der Waals surface area contributed by atoms with Gasteiger partial charge in [-0.25, -0.2) is 0 Å². The summed E-state index contributed by atoms with van der Waals surface area (Å²) in [5.41, 5.74) is 1.97. The van der Waals surface area contributed by atoms with Gasteiger partial charge in [0.25, 0.3) is 0 Å². The van der Waals surface area contributed by atoms with Crippen molar-refractivity contribution in [2.24, 2.45) is 0 Å². The molecule has 0 aliphatic rings. The zero-order valence-corrected chi connectivity index (χ0v) is 18.6. The van der Waals surface area contributed by atoms with Crippen LogP contribution in [0.4, 0.5) is 0 Å². The third-order valence-electron chi connectivity index (χ3n) is 5.22. The first-order valence-electron chi connectivity index (χ1n) is 10.7. The molecule has 30 heavy (non-hydrogen) atoms. The van der Waals surface area contributed by atoms with Crippen LogP contribution in [0.2, 0.25) is 0 Å². The van der Waals surface area contributed by atoms with Crippen molar-refractivity contribution in [3.05, 3.63) is 65.7 Å². The maximum Gasteiger partial charge on any atom is 0.243 e. The molecule has 2 amide bonds. The van der Waals surface area contributed by atoms with Crippen LogP contribution in [0.3, 0.4) is 0 Å². The summed E-state index contributed by atoms with van der Waals surface area (Å²) < 4.78 is 5.33. The quantitative estimate of drug-likeness (QED) is 0.599. The molecule has 0 fully saturated rings. The molecule has 0 spiro atoms. The summed E-state index contributed by atoms with van der Waals surface area (Å²) in [6.07, 6.45) is 2.45. The van der Waals surface area contributed by atoms with Gasteiger partial charge in [-0.1, -0.05) is 56.3 Å². The third kappa shape index (κ3) is 6.90. The Bertz CT molecular complexity index is 807. The van der Waals surface area contributed by atoms with Gasteiger partial charge < -0.3 is 15.0 Å². The number of methoxy groups -OCH3 is 1. The van der Waals surface area contributed by atoms with Gasteiger partial charge in [0.1, 0.15) is 11.8 Å². The first-order valence-corrected chi connectivity index (χ1v) is 10.7. The Morgan fingerprint density at radius 2 is 1.73 bits per heavy atom. The summed E-state index contributed by atoms with van der Waals surface area (Å²) >= 11 is 0. The number of carbonyl (C=O) groups is 2. The standard InChI is InChI=1S/C25H34N2O3/c1-5-11-24(28)27(18-21-14-10-15-22(16-21)30-4)23(25(29)26-19(3)6-2)17-20-12-8-7-9-13-20/h7-10,12-16,19,23H,5-6,11,17-18H2,1-4H3,(H,26,29)/t19-,23-/m0/s1. The number of hydrogen-bond acceptors (Lipinski definition) is 3. The molecule has 0 heterocycles. The molecule has 162 valence electrons. The summed E-state index contributed by atoms with van der Waals surface area (Å²) in [4.78, 5) is 28.1. The van der Waals surface area contributed by atoms with E-state index in [2.05, 4.69) is 5.32 Å². The molecule has 0 unspecified atom stereocenters. The van der Waals surface area contributed by atoms with Crippen molar-refractivity contribution in [1.82, 2.24) is 10.2 Å². The van der Waals surface area contributed by atoms with E-state index in [4.69, 9.17) is 4.74 Å². The van der Waals surface area contributed by atoms with E-state index >= 15 is 0 Å². The summed E-state index contributed by atoms with van der Waals surface area (Å²) in [6.45, 7) is 6.36. The molecular formula is C25H34N2O3. The first-order chi connectivity index (χ1) is 14.5. The van der Waals surface area contributed by atoms with Crippen LogP contribution in [0.1, 0.15) is 51.2 Å². The van der Waals surface area contributed by atoms with Crippen molar-refractivity contribution in [2.75, 3.05) is 7.11 Å². The lowest BCUT2D eigenvalue weighted by Crippen LogP contribution is -2.52. The van der Waals surface area contributed by atoms with E-state index in [0.29, 0.717) is 19.4 Å². The van der Waals surface area contributed by atoms with Gasteiger partial charge in [-0.2, -0.15) is 0 Å². The number of carbonyl (C=O) groups excluding carboxylic acids is 2. The molecule has 0 bridgehead atoms. The molecule has 1 N–H and O–H groups in total. The minimum absolute atomic E-state index is 0.0134. The summed E-state index contributed by atoms with van der Waals surface area (Å²) in [6, 6.07) is 17.0. The number of nitrogens with one attached hydrogen (secondary N) is 1. The van der Waals surface area contributed by atoms with Crippen LogP contribution in [0.25, 0.3) is 0 Å². The second kappa shape index (κ2) is 12.0. The Kier molecular flexibility index (Phi) is 9.39. The SMILES string of the molecule is CCCC(=O)N(Cc1cccc(OC)c1)[C@@H](Cc1ccccc1)C(=O)N[C@@H](C)CC. The second-order valence-electron chi connectivity index (χ2n) is 7.65. The van der Waals surface area contributed by atoms with E-state index in [1.54, 1.807) is 12.0 Å². The number of nitrogens with zero attached hydrogens (tertiary/aromatic N) is 1. The average molecular weight is 411 g/mol. The summed E-state index contributed by atoms with van der Waals surface area (Å²) in [7, 11) is 1.62. The van der Waals surface area contributed by atoms with Crippen LogP contribution in [0.15, 0.2) is 54.6 Å². The highest BCUT2D eigenvalue weighted by Crippen LogP contribution is 2.19. The number of rotatable bonds is 11.